The van der Waals surface area contributed by atoms with Gasteiger partial charge < -0.3 is 10.8 Å². The van der Waals surface area contributed by atoms with Gasteiger partial charge in [-0.3, -0.25) is 4.79 Å². The standard InChI is InChI=1S/C18H21NO2/c1-18(2,17(20)21)15(13-9-5-3-6-10-13)16(19)14-11-7-4-8-12-14/h3-12,15-16H,19H2,1-2H3,(H,20,21)/t15-,16-/m0/s1. The third kappa shape index (κ3) is 3.14. The van der Waals surface area contributed by atoms with E-state index in [1.165, 1.54) is 0 Å². The molecular formula is C18H21NO2. The lowest BCUT2D eigenvalue weighted by atomic mass is 9.69. The third-order valence-corrected chi connectivity index (χ3v) is 4.03. The van der Waals surface area contributed by atoms with E-state index in [4.69, 9.17) is 5.73 Å². The van der Waals surface area contributed by atoms with Gasteiger partial charge in [0.1, 0.15) is 0 Å². The van der Waals surface area contributed by atoms with E-state index in [1.807, 2.05) is 60.7 Å². The normalized spacial score (nSPS) is 14.4. The monoisotopic (exact) mass is 283 g/mol. The average molecular weight is 283 g/mol. The Bertz CT molecular complexity index is 593. The molecule has 3 heteroatoms. The van der Waals surface area contributed by atoms with Crippen molar-refractivity contribution in [2.24, 2.45) is 11.1 Å². The smallest absolute Gasteiger partial charge is 0.309 e. The maximum absolute atomic E-state index is 11.7. The van der Waals surface area contributed by atoms with Gasteiger partial charge in [-0.05, 0) is 25.0 Å². The molecule has 2 rings (SSSR count). The lowest BCUT2D eigenvalue weighted by Crippen LogP contribution is -2.37. The molecule has 0 amide bonds. The molecule has 3 nitrogen and oxygen atoms in total. The van der Waals surface area contributed by atoms with Crippen LogP contribution in [0.1, 0.15) is 36.9 Å². The molecular weight excluding hydrogens is 262 g/mol. The van der Waals surface area contributed by atoms with E-state index >= 15 is 0 Å². The minimum absolute atomic E-state index is 0.307. The molecule has 2 aromatic carbocycles. The molecule has 0 radical (unpaired) electrons. The van der Waals surface area contributed by atoms with Gasteiger partial charge in [-0.15, -0.1) is 0 Å². The zero-order valence-corrected chi connectivity index (χ0v) is 12.4. The predicted molar refractivity (Wildman–Crippen MR) is 84.0 cm³/mol. The second-order valence-corrected chi connectivity index (χ2v) is 5.85. The van der Waals surface area contributed by atoms with Crippen molar-refractivity contribution in [1.29, 1.82) is 0 Å². The molecule has 21 heavy (non-hydrogen) atoms. The summed E-state index contributed by atoms with van der Waals surface area (Å²) >= 11 is 0. The van der Waals surface area contributed by atoms with Crippen molar-refractivity contribution in [3.63, 3.8) is 0 Å². The Morgan fingerprint density at radius 2 is 1.38 bits per heavy atom. The lowest BCUT2D eigenvalue weighted by molar-refractivity contribution is -0.148. The number of carboxylic acid groups (broad SMARTS) is 1. The molecule has 0 saturated carbocycles. The molecule has 0 aliphatic carbocycles. The van der Waals surface area contributed by atoms with Crippen LogP contribution in [0, 0.1) is 5.41 Å². The Morgan fingerprint density at radius 1 is 0.952 bits per heavy atom. The molecule has 0 aromatic heterocycles. The molecule has 0 saturated heterocycles. The minimum Gasteiger partial charge on any atom is -0.481 e. The minimum atomic E-state index is -0.962. The summed E-state index contributed by atoms with van der Waals surface area (Å²) in [4.78, 5) is 11.7. The maximum atomic E-state index is 11.7. The predicted octanol–water partition coefficient (Wildman–Crippen LogP) is 3.58. The first-order valence-corrected chi connectivity index (χ1v) is 7.03. The van der Waals surface area contributed by atoms with Gasteiger partial charge in [0.05, 0.1) is 5.41 Å². The molecule has 0 aliphatic rings. The van der Waals surface area contributed by atoms with E-state index in [1.54, 1.807) is 13.8 Å². The fourth-order valence-electron chi connectivity index (χ4n) is 2.73. The van der Waals surface area contributed by atoms with Gasteiger partial charge in [-0.1, -0.05) is 60.7 Å². The van der Waals surface area contributed by atoms with Crippen molar-refractivity contribution in [1.82, 2.24) is 0 Å². The molecule has 110 valence electrons. The van der Waals surface area contributed by atoms with Gasteiger partial charge in [0.15, 0.2) is 0 Å². The van der Waals surface area contributed by atoms with Gasteiger partial charge in [0, 0.05) is 12.0 Å². The van der Waals surface area contributed by atoms with Gasteiger partial charge in [0.25, 0.3) is 0 Å². The highest BCUT2D eigenvalue weighted by molar-refractivity contribution is 5.75. The van der Waals surface area contributed by atoms with Crippen LogP contribution in [0.4, 0.5) is 0 Å². The summed E-state index contributed by atoms with van der Waals surface area (Å²) < 4.78 is 0. The van der Waals surface area contributed by atoms with Crippen LogP contribution < -0.4 is 5.73 Å². The van der Waals surface area contributed by atoms with Crippen molar-refractivity contribution in [3.8, 4) is 0 Å². The zero-order valence-electron chi connectivity index (χ0n) is 12.4. The summed E-state index contributed by atoms with van der Waals surface area (Å²) in [6.45, 7) is 3.46. The summed E-state index contributed by atoms with van der Waals surface area (Å²) in [7, 11) is 0. The second-order valence-electron chi connectivity index (χ2n) is 5.85. The van der Waals surface area contributed by atoms with Gasteiger partial charge >= 0.3 is 5.97 Å². The zero-order chi connectivity index (χ0) is 15.5. The number of rotatable bonds is 5. The summed E-state index contributed by atoms with van der Waals surface area (Å²) in [5, 5.41) is 9.61. The molecule has 0 fully saturated rings. The summed E-state index contributed by atoms with van der Waals surface area (Å²) in [6.07, 6.45) is 0. The van der Waals surface area contributed by atoms with Crippen molar-refractivity contribution in [2.75, 3.05) is 0 Å². The topological polar surface area (TPSA) is 63.3 Å². The molecule has 0 spiro atoms. The number of nitrogens with two attached hydrogens (primary N) is 1. The van der Waals surface area contributed by atoms with Crippen molar-refractivity contribution in [2.45, 2.75) is 25.8 Å². The first kappa shape index (κ1) is 15.3. The Kier molecular flexibility index (Phi) is 4.43. The first-order chi connectivity index (χ1) is 9.94. The second kappa shape index (κ2) is 6.10. The summed E-state index contributed by atoms with van der Waals surface area (Å²) in [5.41, 5.74) is 7.36. The fourth-order valence-corrected chi connectivity index (χ4v) is 2.73. The molecule has 2 atom stereocenters. The average Bonchev–Trinajstić information content (AvgIpc) is 2.49. The van der Waals surface area contributed by atoms with E-state index in [9.17, 15) is 9.90 Å². The number of hydrogen-bond donors (Lipinski definition) is 2. The van der Waals surface area contributed by atoms with Crippen LogP contribution in [-0.2, 0) is 4.79 Å². The largest absolute Gasteiger partial charge is 0.481 e. The van der Waals surface area contributed by atoms with Crippen molar-refractivity contribution in [3.05, 3.63) is 71.8 Å². The maximum Gasteiger partial charge on any atom is 0.309 e. The highest BCUT2D eigenvalue weighted by atomic mass is 16.4. The molecule has 2 aromatic rings. The summed E-state index contributed by atoms with van der Waals surface area (Å²) in [5.74, 6) is -1.15. The molecule has 0 heterocycles. The van der Waals surface area contributed by atoms with Crippen molar-refractivity contribution >= 4 is 5.97 Å². The van der Waals surface area contributed by atoms with Crippen LogP contribution in [0.15, 0.2) is 60.7 Å². The van der Waals surface area contributed by atoms with Crippen LogP contribution in [0.3, 0.4) is 0 Å². The number of carboxylic acids is 1. The molecule has 0 bridgehead atoms. The SMILES string of the molecule is CC(C)(C(=O)O)[C@@H](c1ccccc1)[C@@H](N)c1ccccc1. The van der Waals surface area contributed by atoms with Gasteiger partial charge in [-0.25, -0.2) is 0 Å². The third-order valence-electron chi connectivity index (χ3n) is 4.03. The Labute approximate surface area is 125 Å². The van der Waals surface area contributed by atoms with Crippen LogP contribution in [0.2, 0.25) is 0 Å². The number of carbonyl (C=O) groups is 1. The quantitative estimate of drug-likeness (QED) is 0.881. The highest BCUT2D eigenvalue weighted by Gasteiger charge is 2.41. The van der Waals surface area contributed by atoms with Crippen LogP contribution in [-0.4, -0.2) is 11.1 Å². The Morgan fingerprint density at radius 3 is 1.81 bits per heavy atom. The van der Waals surface area contributed by atoms with E-state index in [-0.39, 0.29) is 12.0 Å². The van der Waals surface area contributed by atoms with Gasteiger partial charge in [0.2, 0.25) is 0 Å². The van der Waals surface area contributed by atoms with E-state index < -0.39 is 11.4 Å². The van der Waals surface area contributed by atoms with E-state index in [2.05, 4.69) is 0 Å². The van der Waals surface area contributed by atoms with Crippen LogP contribution in [0.25, 0.3) is 0 Å². The van der Waals surface area contributed by atoms with Crippen molar-refractivity contribution < 1.29 is 9.90 Å². The van der Waals surface area contributed by atoms with E-state index in [0.717, 1.165) is 11.1 Å². The fraction of sp³-hybridized carbons (Fsp3) is 0.278. The number of hydrogen-bond acceptors (Lipinski definition) is 2. The first-order valence-electron chi connectivity index (χ1n) is 7.03. The lowest BCUT2D eigenvalue weighted by Gasteiger charge is -2.35. The Balaban J connectivity index is 2.49. The number of benzene rings is 2. The molecule has 3 N–H and O–H groups in total. The highest BCUT2D eigenvalue weighted by Crippen LogP contribution is 2.43. The van der Waals surface area contributed by atoms with Crippen LogP contribution in [0.5, 0.6) is 0 Å². The van der Waals surface area contributed by atoms with Crippen LogP contribution >= 0.6 is 0 Å². The van der Waals surface area contributed by atoms with Gasteiger partial charge in [-0.2, -0.15) is 0 Å². The van der Waals surface area contributed by atoms with E-state index in [0.29, 0.717) is 0 Å². The molecule has 0 aliphatic heterocycles. The molecule has 0 unspecified atom stereocenters. The number of aliphatic carboxylic acids is 1. The summed E-state index contributed by atoms with van der Waals surface area (Å²) in [6, 6.07) is 18.9. The Hall–Kier alpha value is -2.13.